The molecule has 1 saturated heterocycles. The maximum Gasteiger partial charge on any atom is 0.244 e. The van der Waals surface area contributed by atoms with Gasteiger partial charge in [-0.15, -0.1) is 0 Å². The number of hydrogen-bond acceptors (Lipinski definition) is 2. The highest BCUT2D eigenvalue weighted by molar-refractivity contribution is 5.92. The van der Waals surface area contributed by atoms with E-state index in [1.54, 1.807) is 0 Å². The molecule has 78 valence electrons. The Labute approximate surface area is 84.8 Å². The predicted molar refractivity (Wildman–Crippen MR) is 53.6 cm³/mol. The molecule has 0 bridgehead atoms. The normalized spacial score (nSPS) is 34.6. The average molecular weight is 194 g/mol. The Morgan fingerprint density at radius 1 is 1.43 bits per heavy atom. The van der Waals surface area contributed by atoms with Crippen molar-refractivity contribution >= 4 is 5.91 Å². The van der Waals surface area contributed by atoms with Gasteiger partial charge >= 0.3 is 0 Å². The van der Waals surface area contributed by atoms with Crippen molar-refractivity contribution in [1.29, 1.82) is 0 Å². The second kappa shape index (κ2) is 2.51. The highest BCUT2D eigenvalue weighted by Crippen LogP contribution is 2.46. The molecule has 14 heavy (non-hydrogen) atoms. The largest absolute Gasteiger partial charge is 0.322 e. The van der Waals surface area contributed by atoms with Gasteiger partial charge < -0.3 is 4.90 Å². The Morgan fingerprint density at radius 2 is 2.07 bits per heavy atom. The lowest BCUT2D eigenvalue weighted by Crippen LogP contribution is -2.42. The summed E-state index contributed by atoms with van der Waals surface area (Å²) in [5.41, 5.74) is -0.114. The highest BCUT2D eigenvalue weighted by atomic mass is 16.2. The molecule has 0 radical (unpaired) electrons. The summed E-state index contributed by atoms with van der Waals surface area (Å²) in [5.74, 6) is 0.915. The SMILES string of the molecule is CC(C)C1NC2(CC2)C(=O)N1C1CC1. The monoisotopic (exact) mass is 194 g/mol. The number of rotatable bonds is 2. The van der Waals surface area contributed by atoms with E-state index in [1.807, 2.05) is 0 Å². The molecule has 1 atom stereocenters. The van der Waals surface area contributed by atoms with E-state index in [9.17, 15) is 4.79 Å². The van der Waals surface area contributed by atoms with Crippen LogP contribution >= 0.6 is 0 Å². The van der Waals surface area contributed by atoms with Gasteiger partial charge in [0.15, 0.2) is 0 Å². The van der Waals surface area contributed by atoms with Crippen molar-refractivity contribution in [3.05, 3.63) is 0 Å². The minimum atomic E-state index is -0.114. The maximum atomic E-state index is 12.1. The van der Waals surface area contributed by atoms with Crippen LogP contribution in [-0.2, 0) is 4.79 Å². The van der Waals surface area contributed by atoms with Gasteiger partial charge in [0.1, 0.15) is 0 Å². The van der Waals surface area contributed by atoms with E-state index in [4.69, 9.17) is 0 Å². The third-order valence-corrected chi connectivity index (χ3v) is 3.69. The molecule has 3 heteroatoms. The Hall–Kier alpha value is -0.570. The zero-order valence-electron chi connectivity index (χ0n) is 8.92. The third kappa shape index (κ3) is 1.05. The van der Waals surface area contributed by atoms with E-state index in [2.05, 4.69) is 24.1 Å². The fourth-order valence-electron chi connectivity index (χ4n) is 2.50. The zero-order valence-corrected chi connectivity index (χ0v) is 8.92. The lowest BCUT2D eigenvalue weighted by Gasteiger charge is -2.26. The van der Waals surface area contributed by atoms with Crippen molar-refractivity contribution in [2.24, 2.45) is 5.92 Å². The number of carbonyl (C=O) groups excluding carboxylic acids is 1. The molecule has 0 aromatic rings. The third-order valence-electron chi connectivity index (χ3n) is 3.69. The van der Waals surface area contributed by atoms with Gasteiger partial charge in [-0.3, -0.25) is 10.1 Å². The fraction of sp³-hybridized carbons (Fsp3) is 0.909. The van der Waals surface area contributed by atoms with Gasteiger partial charge in [0.2, 0.25) is 5.91 Å². The van der Waals surface area contributed by atoms with Crippen molar-refractivity contribution in [2.45, 2.75) is 57.3 Å². The molecule has 3 rings (SSSR count). The van der Waals surface area contributed by atoms with Crippen LogP contribution in [-0.4, -0.2) is 28.6 Å². The molecule has 2 saturated carbocycles. The Morgan fingerprint density at radius 3 is 2.50 bits per heavy atom. The maximum absolute atomic E-state index is 12.1. The second-order valence-electron chi connectivity index (χ2n) is 5.36. The summed E-state index contributed by atoms with van der Waals surface area (Å²) in [6.07, 6.45) is 4.84. The minimum absolute atomic E-state index is 0.114. The molecule has 1 N–H and O–H groups in total. The summed E-state index contributed by atoms with van der Waals surface area (Å²) in [4.78, 5) is 14.3. The van der Waals surface area contributed by atoms with Crippen LogP contribution < -0.4 is 5.32 Å². The van der Waals surface area contributed by atoms with Crippen molar-refractivity contribution in [3.63, 3.8) is 0 Å². The second-order valence-corrected chi connectivity index (χ2v) is 5.36. The smallest absolute Gasteiger partial charge is 0.244 e. The summed E-state index contributed by atoms with van der Waals surface area (Å²) in [6, 6.07) is 0.558. The molecule has 2 aliphatic carbocycles. The summed E-state index contributed by atoms with van der Waals surface area (Å²) in [6.45, 7) is 4.39. The fourth-order valence-corrected chi connectivity index (χ4v) is 2.50. The van der Waals surface area contributed by atoms with Gasteiger partial charge in [-0.05, 0) is 31.6 Å². The van der Waals surface area contributed by atoms with E-state index >= 15 is 0 Å². The lowest BCUT2D eigenvalue weighted by atomic mass is 10.1. The topological polar surface area (TPSA) is 32.3 Å². The first kappa shape index (κ1) is 8.72. The van der Waals surface area contributed by atoms with Gasteiger partial charge in [0.25, 0.3) is 0 Å². The number of hydrogen-bond donors (Lipinski definition) is 1. The van der Waals surface area contributed by atoms with Crippen LogP contribution in [0.4, 0.5) is 0 Å². The molecule has 3 nitrogen and oxygen atoms in total. The van der Waals surface area contributed by atoms with Crippen molar-refractivity contribution in [1.82, 2.24) is 10.2 Å². The van der Waals surface area contributed by atoms with Gasteiger partial charge in [-0.1, -0.05) is 13.8 Å². The van der Waals surface area contributed by atoms with Crippen LogP contribution in [0, 0.1) is 5.92 Å². The Balaban J connectivity index is 1.87. The van der Waals surface area contributed by atoms with E-state index < -0.39 is 0 Å². The Kier molecular flexibility index (Phi) is 1.56. The van der Waals surface area contributed by atoms with Crippen LogP contribution in [0.15, 0.2) is 0 Å². The standard InChI is InChI=1S/C11H18N2O/c1-7(2)9-12-11(5-6-11)10(14)13(9)8-3-4-8/h7-9,12H,3-6H2,1-2H3. The van der Waals surface area contributed by atoms with Crippen molar-refractivity contribution in [2.75, 3.05) is 0 Å². The molecule has 1 amide bonds. The van der Waals surface area contributed by atoms with E-state index in [-0.39, 0.29) is 5.54 Å². The lowest BCUT2D eigenvalue weighted by molar-refractivity contribution is -0.131. The number of amides is 1. The van der Waals surface area contributed by atoms with Crippen molar-refractivity contribution < 1.29 is 4.79 Å². The molecule has 3 fully saturated rings. The van der Waals surface area contributed by atoms with E-state index in [0.717, 1.165) is 12.8 Å². The molecule has 0 aromatic heterocycles. The van der Waals surface area contributed by atoms with Crippen LogP contribution in [0.25, 0.3) is 0 Å². The summed E-state index contributed by atoms with van der Waals surface area (Å²) in [7, 11) is 0. The summed E-state index contributed by atoms with van der Waals surface area (Å²) < 4.78 is 0. The highest BCUT2D eigenvalue weighted by Gasteiger charge is 2.61. The molecule has 1 aliphatic heterocycles. The molecular weight excluding hydrogens is 176 g/mol. The average Bonchev–Trinajstić information content (AvgIpc) is 2.94. The molecule has 0 aromatic carbocycles. The number of carbonyl (C=O) groups is 1. The van der Waals surface area contributed by atoms with Gasteiger partial charge in [-0.25, -0.2) is 0 Å². The Bertz CT molecular complexity index is 279. The molecule has 3 aliphatic rings. The predicted octanol–water partition coefficient (Wildman–Crippen LogP) is 1.10. The van der Waals surface area contributed by atoms with E-state index in [1.165, 1.54) is 12.8 Å². The van der Waals surface area contributed by atoms with Crippen LogP contribution in [0.3, 0.4) is 0 Å². The quantitative estimate of drug-likeness (QED) is 0.714. The number of nitrogens with zero attached hydrogens (tertiary/aromatic N) is 1. The van der Waals surface area contributed by atoms with Gasteiger partial charge in [-0.2, -0.15) is 0 Å². The molecule has 1 heterocycles. The molecule has 1 unspecified atom stereocenters. The molecular formula is C11H18N2O. The summed E-state index contributed by atoms with van der Waals surface area (Å²) >= 11 is 0. The van der Waals surface area contributed by atoms with Crippen LogP contribution in [0.1, 0.15) is 39.5 Å². The van der Waals surface area contributed by atoms with Crippen LogP contribution in [0.2, 0.25) is 0 Å². The van der Waals surface area contributed by atoms with Gasteiger partial charge in [0, 0.05) is 6.04 Å². The zero-order chi connectivity index (χ0) is 9.92. The molecule has 1 spiro atoms. The minimum Gasteiger partial charge on any atom is -0.322 e. The van der Waals surface area contributed by atoms with Crippen LogP contribution in [0.5, 0.6) is 0 Å². The van der Waals surface area contributed by atoms with Crippen molar-refractivity contribution in [3.8, 4) is 0 Å². The first-order valence-corrected chi connectivity index (χ1v) is 5.74. The van der Waals surface area contributed by atoms with E-state index in [0.29, 0.717) is 24.0 Å². The first-order valence-electron chi connectivity index (χ1n) is 5.74. The van der Waals surface area contributed by atoms with Gasteiger partial charge in [0.05, 0.1) is 11.7 Å². The first-order chi connectivity index (χ1) is 6.64. The number of nitrogens with one attached hydrogen (secondary N) is 1. The summed E-state index contributed by atoms with van der Waals surface area (Å²) in [5, 5.41) is 3.54.